The monoisotopic (exact) mass is 289 g/mol. The van der Waals surface area contributed by atoms with Crippen LogP contribution in [0.2, 0.25) is 0 Å². The van der Waals surface area contributed by atoms with Crippen molar-refractivity contribution in [1.29, 1.82) is 0 Å². The number of hydrogen-bond donors (Lipinski definition) is 3. The normalized spacial score (nSPS) is 20.1. The molecule has 0 saturated heterocycles. The molecular formula is C17H27N3O. The molecule has 4 N–H and O–H groups in total. The Morgan fingerprint density at radius 2 is 1.95 bits per heavy atom. The highest BCUT2D eigenvalue weighted by Gasteiger charge is 2.23. The molecule has 0 bridgehead atoms. The third kappa shape index (κ3) is 4.74. The summed E-state index contributed by atoms with van der Waals surface area (Å²) in [6.07, 6.45) is 7.19. The lowest BCUT2D eigenvalue weighted by Gasteiger charge is -2.32. The lowest BCUT2D eigenvalue weighted by Crippen LogP contribution is -2.38. The Labute approximate surface area is 127 Å². The van der Waals surface area contributed by atoms with Gasteiger partial charge in [-0.3, -0.25) is 0 Å². The van der Waals surface area contributed by atoms with Crippen molar-refractivity contribution in [2.24, 2.45) is 16.8 Å². The zero-order valence-electron chi connectivity index (χ0n) is 12.8. The van der Waals surface area contributed by atoms with Crippen LogP contribution in [0.15, 0.2) is 35.5 Å². The summed E-state index contributed by atoms with van der Waals surface area (Å²) in [6, 6.07) is 10.8. The first kappa shape index (κ1) is 15.8. The average molecular weight is 289 g/mol. The van der Waals surface area contributed by atoms with Crippen LogP contribution in [-0.2, 0) is 0 Å². The summed E-state index contributed by atoms with van der Waals surface area (Å²) in [5.74, 6) is 1.00. The lowest BCUT2D eigenvalue weighted by molar-refractivity contribution is 0.264. The molecule has 0 aromatic heterocycles. The van der Waals surface area contributed by atoms with Crippen molar-refractivity contribution in [3.05, 3.63) is 35.9 Å². The van der Waals surface area contributed by atoms with Gasteiger partial charge in [-0.05, 0) is 31.2 Å². The Morgan fingerprint density at radius 1 is 1.29 bits per heavy atom. The molecule has 21 heavy (non-hydrogen) atoms. The molecule has 2 atom stereocenters. The summed E-state index contributed by atoms with van der Waals surface area (Å²) in [4.78, 5) is 0. The summed E-state index contributed by atoms with van der Waals surface area (Å²) < 4.78 is 0. The van der Waals surface area contributed by atoms with Crippen LogP contribution in [0.1, 0.15) is 57.1 Å². The maximum Gasteiger partial charge on any atom is 0.141 e. The van der Waals surface area contributed by atoms with E-state index in [0.29, 0.717) is 12.5 Å². The van der Waals surface area contributed by atoms with Gasteiger partial charge in [-0.15, -0.1) is 0 Å². The van der Waals surface area contributed by atoms with Crippen molar-refractivity contribution in [3.8, 4) is 0 Å². The predicted octanol–water partition coefficient (Wildman–Crippen LogP) is 3.42. The van der Waals surface area contributed by atoms with E-state index < -0.39 is 0 Å². The average Bonchev–Trinajstić information content (AvgIpc) is 2.55. The predicted molar refractivity (Wildman–Crippen MR) is 86.4 cm³/mol. The van der Waals surface area contributed by atoms with Crippen molar-refractivity contribution in [1.82, 2.24) is 5.32 Å². The minimum absolute atomic E-state index is 0.0963. The van der Waals surface area contributed by atoms with Gasteiger partial charge in [0, 0.05) is 18.5 Å². The first-order valence-electron chi connectivity index (χ1n) is 7.98. The molecule has 4 heteroatoms. The first-order chi connectivity index (χ1) is 10.2. The quantitative estimate of drug-likeness (QED) is 0.325. The SMILES string of the molecule is C[C@H](NC(C/C(N)=N/O)c1ccccc1)C1CCCCC1. The third-order valence-electron chi connectivity index (χ3n) is 4.56. The first-order valence-corrected chi connectivity index (χ1v) is 7.98. The van der Waals surface area contributed by atoms with E-state index in [-0.39, 0.29) is 11.9 Å². The number of amidine groups is 1. The second-order valence-corrected chi connectivity index (χ2v) is 6.11. The maximum atomic E-state index is 8.85. The minimum atomic E-state index is 0.0963. The highest BCUT2D eigenvalue weighted by Crippen LogP contribution is 2.28. The molecule has 1 aromatic rings. The van der Waals surface area contributed by atoms with Crippen molar-refractivity contribution in [3.63, 3.8) is 0 Å². The topological polar surface area (TPSA) is 70.6 Å². The Kier molecular flexibility index (Phi) is 6.05. The fourth-order valence-corrected chi connectivity index (χ4v) is 3.30. The molecule has 1 aromatic carbocycles. The van der Waals surface area contributed by atoms with E-state index >= 15 is 0 Å². The zero-order valence-corrected chi connectivity index (χ0v) is 12.8. The maximum absolute atomic E-state index is 8.85. The van der Waals surface area contributed by atoms with E-state index in [0.717, 1.165) is 5.92 Å². The number of nitrogens with one attached hydrogen (secondary N) is 1. The van der Waals surface area contributed by atoms with Crippen molar-refractivity contribution in [2.45, 2.75) is 57.5 Å². The van der Waals surface area contributed by atoms with Gasteiger partial charge in [0.2, 0.25) is 0 Å². The van der Waals surface area contributed by atoms with Crippen LogP contribution < -0.4 is 11.1 Å². The van der Waals surface area contributed by atoms with Crippen LogP contribution in [0.5, 0.6) is 0 Å². The van der Waals surface area contributed by atoms with Gasteiger partial charge in [-0.2, -0.15) is 0 Å². The largest absolute Gasteiger partial charge is 0.409 e. The molecule has 1 fully saturated rings. The number of nitrogens with two attached hydrogens (primary N) is 1. The minimum Gasteiger partial charge on any atom is -0.409 e. The van der Waals surface area contributed by atoms with E-state index in [1.807, 2.05) is 18.2 Å². The van der Waals surface area contributed by atoms with Gasteiger partial charge in [-0.25, -0.2) is 0 Å². The summed E-state index contributed by atoms with van der Waals surface area (Å²) in [6.45, 7) is 2.26. The van der Waals surface area contributed by atoms with Gasteiger partial charge in [0.25, 0.3) is 0 Å². The Bertz CT molecular complexity index is 441. The molecule has 2 rings (SSSR count). The van der Waals surface area contributed by atoms with Gasteiger partial charge < -0.3 is 16.3 Å². The molecule has 0 aliphatic heterocycles. The van der Waals surface area contributed by atoms with E-state index in [1.165, 1.54) is 37.7 Å². The lowest BCUT2D eigenvalue weighted by atomic mass is 9.84. The van der Waals surface area contributed by atoms with Crippen molar-refractivity contribution >= 4 is 5.84 Å². The van der Waals surface area contributed by atoms with Gasteiger partial charge in [0.1, 0.15) is 5.84 Å². The molecule has 1 saturated carbocycles. The van der Waals surface area contributed by atoms with Crippen molar-refractivity contribution < 1.29 is 5.21 Å². The molecule has 0 spiro atoms. The summed E-state index contributed by atoms with van der Waals surface area (Å²) >= 11 is 0. The van der Waals surface area contributed by atoms with Crippen LogP contribution in [0.3, 0.4) is 0 Å². The Morgan fingerprint density at radius 3 is 2.57 bits per heavy atom. The molecular weight excluding hydrogens is 262 g/mol. The van der Waals surface area contributed by atoms with E-state index in [2.05, 4.69) is 29.5 Å². The molecule has 1 aliphatic carbocycles. The van der Waals surface area contributed by atoms with Crippen molar-refractivity contribution in [2.75, 3.05) is 0 Å². The van der Waals surface area contributed by atoms with E-state index in [1.54, 1.807) is 0 Å². The van der Waals surface area contributed by atoms with Gasteiger partial charge in [0.05, 0.1) is 0 Å². The van der Waals surface area contributed by atoms with Crippen LogP contribution in [0.4, 0.5) is 0 Å². The molecule has 4 nitrogen and oxygen atoms in total. The van der Waals surface area contributed by atoms with E-state index in [4.69, 9.17) is 10.9 Å². The Balaban J connectivity index is 2.04. The fourth-order valence-electron chi connectivity index (χ4n) is 3.30. The molecule has 0 amide bonds. The molecule has 1 unspecified atom stereocenters. The number of rotatable bonds is 6. The molecule has 116 valence electrons. The summed E-state index contributed by atoms with van der Waals surface area (Å²) in [5.41, 5.74) is 6.91. The number of nitrogens with zero attached hydrogens (tertiary/aromatic N) is 1. The highest BCUT2D eigenvalue weighted by atomic mass is 16.4. The molecule has 1 aliphatic rings. The van der Waals surface area contributed by atoms with Crippen LogP contribution >= 0.6 is 0 Å². The second-order valence-electron chi connectivity index (χ2n) is 6.11. The highest BCUT2D eigenvalue weighted by molar-refractivity contribution is 5.80. The number of oxime groups is 1. The standard InChI is InChI=1S/C17H27N3O/c1-13(14-8-4-2-5-9-14)19-16(12-17(18)20-21)15-10-6-3-7-11-15/h3,6-7,10-11,13-14,16,19,21H,2,4-5,8-9,12H2,1H3,(H2,18,20)/t13-,16?/m0/s1. The second kappa shape index (κ2) is 8.03. The van der Waals surface area contributed by atoms with Gasteiger partial charge in [0.15, 0.2) is 0 Å². The summed E-state index contributed by atoms with van der Waals surface area (Å²) in [5, 5.41) is 15.7. The smallest absolute Gasteiger partial charge is 0.141 e. The molecule has 0 heterocycles. The third-order valence-corrected chi connectivity index (χ3v) is 4.56. The molecule has 0 radical (unpaired) electrons. The Hall–Kier alpha value is -1.55. The van der Waals surface area contributed by atoms with Gasteiger partial charge >= 0.3 is 0 Å². The van der Waals surface area contributed by atoms with Crippen LogP contribution in [0, 0.1) is 5.92 Å². The number of hydrogen-bond acceptors (Lipinski definition) is 3. The van der Waals surface area contributed by atoms with Gasteiger partial charge in [-0.1, -0.05) is 54.8 Å². The van der Waals surface area contributed by atoms with E-state index in [9.17, 15) is 0 Å². The fraction of sp³-hybridized carbons (Fsp3) is 0.588. The zero-order chi connectivity index (χ0) is 15.1. The van der Waals surface area contributed by atoms with Crippen LogP contribution in [-0.4, -0.2) is 17.1 Å². The summed E-state index contributed by atoms with van der Waals surface area (Å²) in [7, 11) is 0. The number of benzene rings is 1. The van der Waals surface area contributed by atoms with Crippen LogP contribution in [0.25, 0.3) is 0 Å².